The zero-order valence-corrected chi connectivity index (χ0v) is 16.2. The Bertz CT molecular complexity index is 871. The summed E-state index contributed by atoms with van der Waals surface area (Å²) in [7, 11) is 0. The van der Waals surface area contributed by atoms with Crippen molar-refractivity contribution in [2.75, 3.05) is 6.61 Å². The number of ether oxygens (including phenoxy) is 1. The molecule has 1 amide bonds. The fourth-order valence-corrected chi connectivity index (χ4v) is 3.17. The van der Waals surface area contributed by atoms with Crippen LogP contribution in [0.3, 0.4) is 0 Å². The van der Waals surface area contributed by atoms with Crippen molar-refractivity contribution in [3.63, 3.8) is 0 Å². The Morgan fingerprint density at radius 3 is 2.56 bits per heavy atom. The van der Waals surface area contributed by atoms with E-state index < -0.39 is 47.8 Å². The molecule has 2 rings (SSSR count). The van der Waals surface area contributed by atoms with Crippen molar-refractivity contribution < 1.29 is 28.6 Å². The molecule has 0 fully saturated rings. The number of aliphatic hydroxyl groups excluding tert-OH is 1. The molecule has 0 saturated carbocycles. The highest BCUT2D eigenvalue weighted by atomic mass is 35.5. The molecule has 0 aliphatic heterocycles. The largest absolute Gasteiger partial charge is 0.456 e. The number of ketones is 1. The van der Waals surface area contributed by atoms with Crippen molar-refractivity contribution in [1.29, 1.82) is 0 Å². The third-order valence-electron chi connectivity index (χ3n) is 3.39. The molecule has 0 unspecified atom stereocenters. The lowest BCUT2D eigenvalue weighted by Gasteiger charge is -2.20. The summed E-state index contributed by atoms with van der Waals surface area (Å²) in [5.74, 6) is -3.35. The van der Waals surface area contributed by atoms with Crippen LogP contribution < -0.4 is 5.32 Å². The van der Waals surface area contributed by atoms with Gasteiger partial charge in [0.15, 0.2) is 12.6 Å². The molecule has 2 aromatic rings. The molecular weight excluding hydrogens is 420 g/mol. The number of hydrogen-bond acceptors (Lipinski definition) is 6. The monoisotopic (exact) mass is 433 g/mol. The first-order chi connectivity index (χ1) is 12.7. The SMILES string of the molecule is C[C@@H](O)[C@@H](NC(=O)c1cc(Cl)ccc1F)C(=O)OCC(=O)c1ccc(Cl)s1. The lowest BCUT2D eigenvalue weighted by Crippen LogP contribution is -2.49. The molecule has 0 aliphatic rings. The second-order valence-electron chi connectivity index (χ2n) is 5.45. The van der Waals surface area contributed by atoms with Gasteiger partial charge in [0.05, 0.1) is 20.9 Å². The number of benzene rings is 1. The molecule has 0 radical (unpaired) electrons. The Balaban J connectivity index is 2.03. The fraction of sp³-hybridized carbons (Fsp3) is 0.235. The van der Waals surface area contributed by atoms with Gasteiger partial charge in [-0.3, -0.25) is 9.59 Å². The van der Waals surface area contributed by atoms with Crippen molar-refractivity contribution in [1.82, 2.24) is 5.32 Å². The zero-order valence-electron chi connectivity index (χ0n) is 13.9. The Morgan fingerprint density at radius 1 is 1.26 bits per heavy atom. The van der Waals surface area contributed by atoms with Crippen LogP contribution in [0, 0.1) is 5.82 Å². The highest BCUT2D eigenvalue weighted by molar-refractivity contribution is 7.18. The van der Waals surface area contributed by atoms with Gasteiger partial charge < -0.3 is 15.2 Å². The van der Waals surface area contributed by atoms with Crippen LogP contribution in [-0.2, 0) is 9.53 Å². The van der Waals surface area contributed by atoms with E-state index in [-0.39, 0.29) is 5.02 Å². The molecule has 1 heterocycles. The minimum Gasteiger partial charge on any atom is -0.456 e. The maximum atomic E-state index is 13.8. The first kappa shape index (κ1) is 21.3. The summed E-state index contributed by atoms with van der Waals surface area (Å²) in [6.07, 6.45) is -1.35. The molecule has 0 aliphatic carbocycles. The summed E-state index contributed by atoms with van der Waals surface area (Å²) < 4.78 is 19.0. The van der Waals surface area contributed by atoms with Gasteiger partial charge in [0, 0.05) is 5.02 Å². The van der Waals surface area contributed by atoms with Crippen LogP contribution >= 0.6 is 34.5 Å². The number of Topliss-reactive ketones (excluding diaryl/α,β-unsaturated/α-hetero) is 1. The highest BCUT2D eigenvalue weighted by Gasteiger charge is 2.29. The molecule has 2 atom stereocenters. The quantitative estimate of drug-likeness (QED) is 0.516. The van der Waals surface area contributed by atoms with Gasteiger partial charge in [-0.25, -0.2) is 9.18 Å². The number of halogens is 3. The third kappa shape index (κ3) is 5.74. The Hall–Kier alpha value is -2.00. The van der Waals surface area contributed by atoms with E-state index in [1.54, 1.807) is 0 Å². The van der Waals surface area contributed by atoms with E-state index in [1.165, 1.54) is 25.1 Å². The van der Waals surface area contributed by atoms with Crippen LogP contribution in [0.1, 0.15) is 27.0 Å². The van der Waals surface area contributed by atoms with E-state index in [1.807, 2.05) is 0 Å². The van der Waals surface area contributed by atoms with Crippen molar-refractivity contribution in [3.8, 4) is 0 Å². The fourth-order valence-electron chi connectivity index (χ4n) is 2.03. The number of thiophene rings is 1. The molecule has 0 saturated heterocycles. The Labute approximate surface area is 167 Å². The van der Waals surface area contributed by atoms with Crippen LogP contribution in [0.4, 0.5) is 4.39 Å². The van der Waals surface area contributed by atoms with Gasteiger partial charge in [-0.15, -0.1) is 11.3 Å². The zero-order chi connectivity index (χ0) is 20.1. The first-order valence-corrected chi connectivity index (χ1v) is 9.15. The molecule has 27 heavy (non-hydrogen) atoms. The number of carbonyl (C=O) groups excluding carboxylic acids is 3. The van der Waals surface area contributed by atoms with E-state index in [0.717, 1.165) is 23.5 Å². The van der Waals surface area contributed by atoms with Gasteiger partial charge in [-0.2, -0.15) is 0 Å². The normalized spacial score (nSPS) is 12.9. The molecular formula is C17H14Cl2FNO5S. The van der Waals surface area contributed by atoms with E-state index >= 15 is 0 Å². The van der Waals surface area contributed by atoms with Crippen molar-refractivity contribution >= 4 is 52.2 Å². The Morgan fingerprint density at radius 2 is 1.96 bits per heavy atom. The maximum absolute atomic E-state index is 13.8. The Kier molecular flexibility index (Phi) is 7.32. The molecule has 1 aromatic heterocycles. The van der Waals surface area contributed by atoms with E-state index in [9.17, 15) is 23.9 Å². The summed E-state index contributed by atoms with van der Waals surface area (Å²) in [5, 5.41) is 12.1. The minimum absolute atomic E-state index is 0.123. The summed E-state index contributed by atoms with van der Waals surface area (Å²) in [6, 6.07) is 4.85. The lowest BCUT2D eigenvalue weighted by atomic mass is 10.1. The summed E-state index contributed by atoms with van der Waals surface area (Å²) >= 11 is 12.5. The third-order valence-corrected chi connectivity index (χ3v) is 4.90. The predicted octanol–water partition coefficient (Wildman–Crippen LogP) is 3.10. The number of carbonyl (C=O) groups is 3. The van der Waals surface area contributed by atoms with E-state index in [2.05, 4.69) is 5.32 Å². The predicted molar refractivity (Wildman–Crippen MR) is 99.0 cm³/mol. The van der Waals surface area contributed by atoms with Crippen LogP contribution in [0.25, 0.3) is 0 Å². The lowest BCUT2D eigenvalue weighted by molar-refractivity contribution is -0.147. The molecule has 144 valence electrons. The molecule has 10 heteroatoms. The highest BCUT2D eigenvalue weighted by Crippen LogP contribution is 2.22. The number of rotatable bonds is 7. The van der Waals surface area contributed by atoms with E-state index in [4.69, 9.17) is 27.9 Å². The van der Waals surface area contributed by atoms with Crippen LogP contribution in [0.2, 0.25) is 9.36 Å². The van der Waals surface area contributed by atoms with Crippen LogP contribution in [0.5, 0.6) is 0 Å². The minimum atomic E-state index is -1.50. The summed E-state index contributed by atoms with van der Waals surface area (Å²) in [6.45, 7) is 0.641. The summed E-state index contributed by atoms with van der Waals surface area (Å²) in [5.41, 5.74) is -0.398. The molecule has 6 nitrogen and oxygen atoms in total. The molecule has 0 spiro atoms. The summed E-state index contributed by atoms with van der Waals surface area (Å²) in [4.78, 5) is 36.6. The van der Waals surface area contributed by atoms with Gasteiger partial charge in [0.2, 0.25) is 5.78 Å². The molecule has 2 N–H and O–H groups in total. The number of amides is 1. The van der Waals surface area contributed by atoms with Gasteiger partial charge in [-0.05, 0) is 37.3 Å². The van der Waals surface area contributed by atoms with Gasteiger partial charge in [-0.1, -0.05) is 23.2 Å². The number of hydrogen-bond donors (Lipinski definition) is 2. The van der Waals surface area contributed by atoms with Crippen LogP contribution in [-0.4, -0.2) is 41.5 Å². The van der Waals surface area contributed by atoms with E-state index in [0.29, 0.717) is 9.21 Å². The van der Waals surface area contributed by atoms with Crippen molar-refractivity contribution in [2.45, 2.75) is 19.1 Å². The number of nitrogens with one attached hydrogen (secondary N) is 1. The standard InChI is InChI=1S/C17H14Cl2FNO5S/c1-8(22)15(21-16(24)10-6-9(18)2-3-11(10)20)17(25)26-7-12(23)13-4-5-14(19)27-13/h2-6,8,15,22H,7H2,1H3,(H,21,24)/t8-,15-/m1/s1. The average molecular weight is 434 g/mol. The first-order valence-electron chi connectivity index (χ1n) is 7.58. The average Bonchev–Trinajstić information content (AvgIpc) is 3.05. The smallest absolute Gasteiger partial charge is 0.331 e. The van der Waals surface area contributed by atoms with Crippen LogP contribution in [0.15, 0.2) is 30.3 Å². The second kappa shape index (κ2) is 9.27. The van der Waals surface area contributed by atoms with Crippen molar-refractivity contribution in [2.24, 2.45) is 0 Å². The van der Waals surface area contributed by atoms with Gasteiger partial charge in [0.25, 0.3) is 5.91 Å². The van der Waals surface area contributed by atoms with Gasteiger partial charge >= 0.3 is 5.97 Å². The molecule has 1 aromatic carbocycles. The second-order valence-corrected chi connectivity index (χ2v) is 7.60. The topological polar surface area (TPSA) is 92.7 Å². The van der Waals surface area contributed by atoms with Crippen molar-refractivity contribution in [3.05, 3.63) is 55.9 Å². The van der Waals surface area contributed by atoms with Gasteiger partial charge in [0.1, 0.15) is 5.82 Å². The molecule has 0 bridgehead atoms. The number of aliphatic hydroxyl groups is 1. The maximum Gasteiger partial charge on any atom is 0.331 e. The number of esters is 1.